The highest BCUT2D eigenvalue weighted by Crippen LogP contribution is 2.65. The van der Waals surface area contributed by atoms with Crippen molar-refractivity contribution in [3.8, 4) is 0 Å². The molecule has 2 bridgehead atoms. The average molecular weight is 491 g/mol. The Morgan fingerprint density at radius 2 is 1.97 bits per heavy atom. The second-order valence-electron chi connectivity index (χ2n) is 10.6. The minimum atomic E-state index is -1.09. The SMILES string of the molecule is C=CCN(C(=O)C1N([C@@H](CC)CO)C(=O)[C@@H]2[C@@H](C(=O)OCC)[C@@]3(CC)CCC12O3)C1CCCCC1. The molecule has 1 N–H and O–H groups in total. The van der Waals surface area contributed by atoms with Crippen LogP contribution < -0.4 is 0 Å². The van der Waals surface area contributed by atoms with Crippen LogP contribution in [0.25, 0.3) is 0 Å². The summed E-state index contributed by atoms with van der Waals surface area (Å²) in [6.07, 6.45) is 9.12. The molecule has 0 aromatic carbocycles. The minimum Gasteiger partial charge on any atom is -0.466 e. The Balaban J connectivity index is 1.81. The summed E-state index contributed by atoms with van der Waals surface area (Å²) in [4.78, 5) is 45.3. The molecule has 4 fully saturated rings. The van der Waals surface area contributed by atoms with Gasteiger partial charge in [-0.3, -0.25) is 14.4 Å². The van der Waals surface area contributed by atoms with Gasteiger partial charge in [0, 0.05) is 12.6 Å². The maximum Gasteiger partial charge on any atom is 0.312 e. The molecule has 0 aromatic heterocycles. The molecular formula is C27H42N2O6. The molecule has 35 heavy (non-hydrogen) atoms. The molecule has 2 unspecified atom stereocenters. The summed E-state index contributed by atoms with van der Waals surface area (Å²) in [5.74, 6) is -2.35. The first-order chi connectivity index (χ1) is 16.9. The monoisotopic (exact) mass is 490 g/mol. The van der Waals surface area contributed by atoms with E-state index >= 15 is 0 Å². The highest BCUT2D eigenvalue weighted by molar-refractivity contribution is 5.99. The number of rotatable bonds is 10. The third-order valence-electron chi connectivity index (χ3n) is 9.09. The number of aliphatic hydroxyl groups is 1. The summed E-state index contributed by atoms with van der Waals surface area (Å²) in [5, 5.41) is 10.2. The van der Waals surface area contributed by atoms with Crippen molar-refractivity contribution in [2.75, 3.05) is 19.8 Å². The van der Waals surface area contributed by atoms with Crippen molar-refractivity contribution >= 4 is 17.8 Å². The molecule has 0 aromatic rings. The number of esters is 1. The Morgan fingerprint density at radius 3 is 2.54 bits per heavy atom. The molecule has 4 rings (SSSR count). The lowest BCUT2D eigenvalue weighted by molar-refractivity contribution is -0.164. The molecule has 3 aliphatic heterocycles. The zero-order valence-electron chi connectivity index (χ0n) is 21.5. The van der Waals surface area contributed by atoms with Gasteiger partial charge in [0.2, 0.25) is 11.8 Å². The van der Waals surface area contributed by atoms with Gasteiger partial charge in [-0.2, -0.15) is 0 Å². The van der Waals surface area contributed by atoms with Gasteiger partial charge in [-0.05, 0) is 45.4 Å². The van der Waals surface area contributed by atoms with E-state index in [1.807, 2.05) is 18.7 Å². The second kappa shape index (κ2) is 10.2. The predicted molar refractivity (Wildman–Crippen MR) is 130 cm³/mol. The van der Waals surface area contributed by atoms with E-state index in [0.29, 0.717) is 32.2 Å². The van der Waals surface area contributed by atoms with Crippen LogP contribution in [0.15, 0.2) is 12.7 Å². The number of aliphatic hydroxyl groups excluding tert-OH is 1. The lowest BCUT2D eigenvalue weighted by Gasteiger charge is -2.42. The van der Waals surface area contributed by atoms with Gasteiger partial charge in [0.25, 0.3) is 0 Å². The maximum absolute atomic E-state index is 14.5. The number of hydrogen-bond donors (Lipinski definition) is 1. The standard InChI is InChI=1S/C27H42N2O6/c1-5-16-28(19-12-10-9-11-13-19)24(32)22-27-15-14-26(7-3,35-27)21(25(33)34-8-4)20(27)23(31)29(22)18(6-2)17-30/h5,18-22,30H,1,6-17H2,2-4H3/t18-,20-,21-,22?,26+,27?/m0/s1. The largest absolute Gasteiger partial charge is 0.466 e. The fraction of sp³-hybridized carbons (Fsp3) is 0.815. The number of carbonyl (C=O) groups is 3. The first kappa shape index (κ1) is 26.1. The van der Waals surface area contributed by atoms with Crippen molar-refractivity contribution in [2.24, 2.45) is 11.8 Å². The lowest BCUT2D eigenvalue weighted by atomic mass is 9.65. The zero-order chi connectivity index (χ0) is 25.4. The van der Waals surface area contributed by atoms with Crippen LogP contribution in [-0.4, -0.2) is 81.8 Å². The average Bonchev–Trinajstić information content (AvgIpc) is 3.48. The second-order valence-corrected chi connectivity index (χ2v) is 10.6. The molecule has 2 amide bonds. The van der Waals surface area contributed by atoms with Crippen LogP contribution in [-0.2, 0) is 23.9 Å². The van der Waals surface area contributed by atoms with Crippen molar-refractivity contribution in [3.63, 3.8) is 0 Å². The molecule has 1 saturated carbocycles. The van der Waals surface area contributed by atoms with Crippen molar-refractivity contribution in [1.29, 1.82) is 0 Å². The fourth-order valence-corrected chi connectivity index (χ4v) is 7.44. The zero-order valence-corrected chi connectivity index (χ0v) is 21.5. The van der Waals surface area contributed by atoms with E-state index in [4.69, 9.17) is 9.47 Å². The van der Waals surface area contributed by atoms with Gasteiger partial charge in [-0.1, -0.05) is 39.2 Å². The summed E-state index contributed by atoms with van der Waals surface area (Å²) in [6, 6.07) is -1.29. The van der Waals surface area contributed by atoms with Crippen LogP contribution >= 0.6 is 0 Å². The van der Waals surface area contributed by atoms with E-state index in [2.05, 4.69) is 6.58 Å². The van der Waals surface area contributed by atoms with E-state index in [-0.39, 0.29) is 31.1 Å². The van der Waals surface area contributed by atoms with E-state index in [1.54, 1.807) is 17.9 Å². The summed E-state index contributed by atoms with van der Waals surface area (Å²) >= 11 is 0. The fourth-order valence-electron chi connectivity index (χ4n) is 7.44. The van der Waals surface area contributed by atoms with Crippen molar-refractivity contribution in [2.45, 2.75) is 108 Å². The molecule has 196 valence electrons. The normalized spacial score (nSPS) is 35.1. The van der Waals surface area contributed by atoms with Gasteiger partial charge in [-0.25, -0.2) is 0 Å². The van der Waals surface area contributed by atoms with Crippen molar-refractivity contribution in [1.82, 2.24) is 9.80 Å². The molecule has 1 aliphatic carbocycles. The number of hydrogen-bond acceptors (Lipinski definition) is 6. The van der Waals surface area contributed by atoms with E-state index < -0.39 is 41.1 Å². The molecule has 4 aliphatic rings. The van der Waals surface area contributed by atoms with E-state index in [9.17, 15) is 19.5 Å². The van der Waals surface area contributed by atoms with Gasteiger partial charge in [0.15, 0.2) is 0 Å². The first-order valence-corrected chi connectivity index (χ1v) is 13.6. The molecule has 8 heteroatoms. The molecule has 8 nitrogen and oxygen atoms in total. The number of carbonyl (C=O) groups excluding carboxylic acids is 3. The number of likely N-dealkylation sites (tertiary alicyclic amines) is 1. The molecule has 3 heterocycles. The Bertz CT molecular complexity index is 838. The van der Waals surface area contributed by atoms with Gasteiger partial charge in [-0.15, -0.1) is 6.58 Å². The quantitative estimate of drug-likeness (QED) is 0.374. The molecule has 1 spiro atoms. The third kappa shape index (κ3) is 3.91. The Morgan fingerprint density at radius 1 is 1.26 bits per heavy atom. The Kier molecular flexibility index (Phi) is 7.62. The Hall–Kier alpha value is -1.93. The van der Waals surface area contributed by atoms with Crippen LogP contribution in [0.3, 0.4) is 0 Å². The van der Waals surface area contributed by atoms with Crippen molar-refractivity contribution in [3.05, 3.63) is 12.7 Å². The van der Waals surface area contributed by atoms with Gasteiger partial charge in [0.1, 0.15) is 17.6 Å². The van der Waals surface area contributed by atoms with Crippen LogP contribution in [0.1, 0.15) is 78.6 Å². The van der Waals surface area contributed by atoms with Gasteiger partial charge < -0.3 is 24.4 Å². The summed E-state index contributed by atoms with van der Waals surface area (Å²) in [7, 11) is 0. The predicted octanol–water partition coefficient (Wildman–Crippen LogP) is 2.82. The van der Waals surface area contributed by atoms with Gasteiger partial charge in [0.05, 0.1) is 30.8 Å². The molecule has 6 atom stereocenters. The number of amides is 2. The van der Waals surface area contributed by atoms with Crippen molar-refractivity contribution < 1.29 is 29.0 Å². The number of nitrogens with zero attached hydrogens (tertiary/aromatic N) is 2. The van der Waals surface area contributed by atoms with Crippen LogP contribution in [0.5, 0.6) is 0 Å². The minimum absolute atomic E-state index is 0.0930. The van der Waals surface area contributed by atoms with Crippen LogP contribution in [0.4, 0.5) is 0 Å². The lowest BCUT2D eigenvalue weighted by Crippen LogP contribution is -2.60. The summed E-state index contributed by atoms with van der Waals surface area (Å²) in [6.45, 7) is 9.90. The van der Waals surface area contributed by atoms with E-state index in [0.717, 1.165) is 25.7 Å². The first-order valence-electron chi connectivity index (χ1n) is 13.6. The highest BCUT2D eigenvalue weighted by atomic mass is 16.6. The third-order valence-corrected chi connectivity index (χ3v) is 9.09. The number of ether oxygens (including phenoxy) is 2. The maximum atomic E-state index is 14.5. The smallest absolute Gasteiger partial charge is 0.312 e. The molecular weight excluding hydrogens is 448 g/mol. The van der Waals surface area contributed by atoms with Crippen LogP contribution in [0.2, 0.25) is 0 Å². The Labute approximate surface area is 209 Å². The molecule has 0 radical (unpaired) electrons. The number of fused-ring (bicyclic) bond motifs is 1. The summed E-state index contributed by atoms with van der Waals surface area (Å²) in [5.41, 5.74) is -1.88. The van der Waals surface area contributed by atoms with Crippen LogP contribution in [0, 0.1) is 11.8 Å². The van der Waals surface area contributed by atoms with Gasteiger partial charge >= 0.3 is 5.97 Å². The summed E-state index contributed by atoms with van der Waals surface area (Å²) < 4.78 is 12.2. The molecule has 3 saturated heterocycles. The highest BCUT2D eigenvalue weighted by Gasteiger charge is 2.79. The topological polar surface area (TPSA) is 96.4 Å². The van der Waals surface area contributed by atoms with E-state index in [1.165, 1.54) is 6.42 Å².